The minimum absolute atomic E-state index is 0.0667. The third-order valence-corrected chi connectivity index (χ3v) is 7.15. The molecule has 2 aromatic rings. The molecule has 5 atom stereocenters. The lowest BCUT2D eigenvalue weighted by Gasteiger charge is -2.52. The first-order valence-corrected chi connectivity index (χ1v) is 13.2. The van der Waals surface area contributed by atoms with Gasteiger partial charge in [-0.15, -0.1) is 0 Å². The van der Waals surface area contributed by atoms with Crippen molar-refractivity contribution in [2.24, 2.45) is 5.92 Å². The van der Waals surface area contributed by atoms with Gasteiger partial charge in [-0.3, -0.25) is 4.98 Å². The third-order valence-electron chi connectivity index (χ3n) is 7.15. The first kappa shape index (κ1) is 30.6. The number of carbonyl (C=O) groups is 2. The highest BCUT2D eigenvalue weighted by Gasteiger charge is 2.58. The number of carbonyl (C=O) groups excluding carboxylic acids is 2. The predicted molar refractivity (Wildman–Crippen MR) is 140 cm³/mol. The van der Waals surface area contributed by atoms with Crippen molar-refractivity contribution >= 4 is 11.9 Å². The number of aliphatic hydroxyl groups excluding tert-OH is 1. The van der Waals surface area contributed by atoms with Crippen LogP contribution in [0, 0.1) is 5.92 Å². The Balaban J connectivity index is 1.60. The largest absolute Gasteiger partial charge is 0.482 e. The fourth-order valence-electron chi connectivity index (χ4n) is 5.10. The Morgan fingerprint density at radius 2 is 1.73 bits per heavy atom. The van der Waals surface area contributed by atoms with Crippen LogP contribution in [0.5, 0.6) is 5.75 Å². The molecule has 0 spiro atoms. The summed E-state index contributed by atoms with van der Waals surface area (Å²) in [5.74, 6) is -1.79. The lowest BCUT2D eigenvalue weighted by Crippen LogP contribution is -2.62. The van der Waals surface area contributed by atoms with Gasteiger partial charge in [-0.25, -0.2) is 14.4 Å². The average molecular weight is 578 g/mol. The molecular weight excluding hydrogens is 542 g/mol. The van der Waals surface area contributed by atoms with Crippen LogP contribution in [0.4, 0.5) is 0 Å². The van der Waals surface area contributed by atoms with Gasteiger partial charge in [-0.2, -0.15) is 0 Å². The van der Waals surface area contributed by atoms with E-state index >= 15 is 0 Å². The zero-order chi connectivity index (χ0) is 29.4. The molecule has 0 aromatic carbocycles. The number of rotatable bonds is 13. The molecule has 13 heteroatoms. The predicted octanol–water partition coefficient (Wildman–Crippen LogP) is 1.45. The lowest BCUT2D eigenvalue weighted by atomic mass is 9.68. The number of hydrogen-bond acceptors (Lipinski definition) is 13. The molecular formula is C28H35NO12. The van der Waals surface area contributed by atoms with Crippen LogP contribution in [0.1, 0.15) is 31.4 Å². The van der Waals surface area contributed by atoms with Crippen molar-refractivity contribution in [3.63, 3.8) is 0 Å². The summed E-state index contributed by atoms with van der Waals surface area (Å²) >= 11 is 0. The van der Waals surface area contributed by atoms with Gasteiger partial charge in [0.1, 0.15) is 48.1 Å². The van der Waals surface area contributed by atoms with Gasteiger partial charge in [-0.05, 0) is 25.5 Å². The molecule has 1 fully saturated rings. The number of aliphatic hydroxyl groups is 1. The maximum atomic E-state index is 13.1. The van der Waals surface area contributed by atoms with E-state index in [0.29, 0.717) is 18.8 Å². The molecule has 2 unspecified atom stereocenters. The Kier molecular flexibility index (Phi) is 10.5. The summed E-state index contributed by atoms with van der Waals surface area (Å²) in [6.07, 6.45) is 0.232. The van der Waals surface area contributed by atoms with Crippen LogP contribution in [0.25, 0.3) is 11.3 Å². The summed E-state index contributed by atoms with van der Waals surface area (Å²) in [5.41, 5.74) is -1.59. The number of hydrogen-bond donors (Lipinski definition) is 1. The van der Waals surface area contributed by atoms with Gasteiger partial charge >= 0.3 is 17.6 Å². The minimum Gasteiger partial charge on any atom is -0.482 e. The van der Waals surface area contributed by atoms with Gasteiger partial charge in [0.2, 0.25) is 0 Å². The highest BCUT2D eigenvalue weighted by molar-refractivity contribution is 5.71. The van der Waals surface area contributed by atoms with Crippen molar-refractivity contribution in [1.82, 2.24) is 4.98 Å². The van der Waals surface area contributed by atoms with E-state index in [2.05, 4.69) is 4.98 Å². The van der Waals surface area contributed by atoms with Crippen molar-refractivity contribution in [3.8, 4) is 17.1 Å². The second-order valence-electron chi connectivity index (χ2n) is 9.91. The normalized spacial score (nSPS) is 25.0. The summed E-state index contributed by atoms with van der Waals surface area (Å²) in [7, 11) is 3.03. The molecule has 1 aliphatic carbocycles. The molecule has 2 aromatic heterocycles. The maximum Gasteiger partial charge on any atom is 0.345 e. The quantitative estimate of drug-likeness (QED) is 0.269. The number of fused-ring (bicyclic) bond motifs is 2. The summed E-state index contributed by atoms with van der Waals surface area (Å²) in [6.45, 7) is 2.06. The van der Waals surface area contributed by atoms with Crippen molar-refractivity contribution < 1.29 is 52.3 Å². The first-order chi connectivity index (χ1) is 19.8. The second kappa shape index (κ2) is 14.0. The molecule has 224 valence electrons. The molecule has 1 saturated carbocycles. The molecule has 1 aliphatic heterocycles. The summed E-state index contributed by atoms with van der Waals surface area (Å²) in [5, 5.41) is 11.5. The van der Waals surface area contributed by atoms with E-state index in [0.717, 1.165) is 0 Å². The zero-order valence-corrected chi connectivity index (χ0v) is 23.2. The summed E-state index contributed by atoms with van der Waals surface area (Å²) < 4.78 is 43.6. The van der Waals surface area contributed by atoms with Crippen molar-refractivity contribution in [2.45, 2.75) is 43.7 Å². The number of ether oxygens (including phenoxy) is 7. The molecule has 2 aliphatic rings. The van der Waals surface area contributed by atoms with Crippen LogP contribution in [0.2, 0.25) is 0 Å². The van der Waals surface area contributed by atoms with Crippen LogP contribution in [-0.2, 0) is 38.0 Å². The molecule has 0 bridgehead atoms. The monoisotopic (exact) mass is 577 g/mol. The Labute approximate surface area is 236 Å². The molecule has 1 N–H and O–H groups in total. The first-order valence-electron chi connectivity index (χ1n) is 13.2. The minimum atomic E-state index is -1.36. The van der Waals surface area contributed by atoms with E-state index in [9.17, 15) is 19.5 Å². The van der Waals surface area contributed by atoms with E-state index in [1.54, 1.807) is 25.3 Å². The van der Waals surface area contributed by atoms with Gasteiger partial charge in [-0.1, -0.05) is 0 Å². The number of esters is 2. The van der Waals surface area contributed by atoms with Gasteiger partial charge < -0.3 is 42.7 Å². The van der Waals surface area contributed by atoms with Crippen LogP contribution in [0.15, 0.2) is 39.8 Å². The second-order valence-corrected chi connectivity index (χ2v) is 9.91. The topological polar surface area (TPSA) is 162 Å². The van der Waals surface area contributed by atoms with Gasteiger partial charge in [0.25, 0.3) is 0 Å². The van der Waals surface area contributed by atoms with Gasteiger partial charge in [0, 0.05) is 50.6 Å². The van der Waals surface area contributed by atoms with Gasteiger partial charge in [0.15, 0.2) is 0 Å². The molecule has 41 heavy (non-hydrogen) atoms. The smallest absolute Gasteiger partial charge is 0.345 e. The Hall–Kier alpha value is -3.36. The molecule has 0 amide bonds. The van der Waals surface area contributed by atoms with E-state index in [4.69, 9.17) is 37.6 Å². The number of nitrogens with zero attached hydrogens (tertiary/aromatic N) is 1. The van der Waals surface area contributed by atoms with Crippen LogP contribution >= 0.6 is 0 Å². The highest BCUT2D eigenvalue weighted by atomic mass is 16.6. The molecule has 0 radical (unpaired) electrons. The number of pyridine rings is 1. The van der Waals surface area contributed by atoms with Crippen molar-refractivity contribution in [3.05, 3.63) is 46.6 Å². The summed E-state index contributed by atoms with van der Waals surface area (Å²) in [4.78, 5) is 42.3. The lowest BCUT2D eigenvalue weighted by molar-refractivity contribution is -0.208. The number of aromatic nitrogens is 1. The highest BCUT2D eigenvalue weighted by Crippen LogP contribution is 2.51. The number of methoxy groups -OCH3 is 2. The van der Waals surface area contributed by atoms with E-state index in [1.165, 1.54) is 26.5 Å². The fourth-order valence-corrected chi connectivity index (χ4v) is 5.10. The Bertz CT molecular complexity index is 1230. The van der Waals surface area contributed by atoms with E-state index in [1.807, 2.05) is 0 Å². The molecule has 13 nitrogen and oxygen atoms in total. The van der Waals surface area contributed by atoms with Gasteiger partial charge in [0.05, 0.1) is 32.5 Å². The van der Waals surface area contributed by atoms with Crippen molar-refractivity contribution in [2.75, 3.05) is 53.9 Å². The Morgan fingerprint density at radius 3 is 2.37 bits per heavy atom. The zero-order valence-electron chi connectivity index (χ0n) is 23.2. The SMILES string of the molecule is COCCOCC(=O)O[C@@H]1CC2C(O)c3c(cc(-c4cccnc4)oc3=O)O[C@@]2(C)[C@H](OC(=O)COCCOC)C1. The third kappa shape index (κ3) is 7.29. The molecule has 4 rings (SSSR count). The van der Waals surface area contributed by atoms with Crippen LogP contribution in [-0.4, -0.2) is 93.7 Å². The Morgan fingerprint density at radius 1 is 1.05 bits per heavy atom. The summed E-state index contributed by atoms with van der Waals surface area (Å²) in [6, 6.07) is 4.92. The maximum absolute atomic E-state index is 13.1. The van der Waals surface area contributed by atoms with Crippen molar-refractivity contribution in [1.29, 1.82) is 0 Å². The standard InChI is InChI=1S/C28H35NO12/c1-28-19(26(32)25-21(41-28)13-20(39-27(25)33)17-5-4-6-29-14-17)11-18(38-23(30)15-36-9-7-34-2)12-22(28)40-24(31)16-37-10-8-35-3/h4-6,13-14,18-19,22,26,32H,7-12,15-16H2,1-3H3/t18-,19?,22-,26?,28-/m1/s1. The average Bonchev–Trinajstić information content (AvgIpc) is 2.95. The van der Waals surface area contributed by atoms with Crippen LogP contribution < -0.4 is 10.4 Å². The fraction of sp³-hybridized carbons (Fsp3) is 0.571. The molecule has 0 saturated heterocycles. The van der Waals surface area contributed by atoms with Crippen LogP contribution in [0.3, 0.4) is 0 Å². The molecule has 3 heterocycles. The van der Waals surface area contributed by atoms with E-state index in [-0.39, 0.29) is 56.3 Å². The van der Waals surface area contributed by atoms with E-state index < -0.39 is 47.4 Å².